The summed E-state index contributed by atoms with van der Waals surface area (Å²) in [5, 5.41) is 21.2. The Morgan fingerprint density at radius 2 is 1.68 bits per heavy atom. The van der Waals surface area contributed by atoms with Gasteiger partial charge < -0.3 is 15.5 Å². The summed E-state index contributed by atoms with van der Waals surface area (Å²) in [6.45, 7) is 3.59. The van der Waals surface area contributed by atoms with Crippen molar-refractivity contribution in [2.45, 2.75) is 19.3 Å². The molecule has 0 heterocycles. The molecule has 0 saturated carbocycles. The van der Waals surface area contributed by atoms with Gasteiger partial charge in [-0.1, -0.05) is 30.3 Å². The smallest absolute Gasteiger partial charge is 0.339 e. The van der Waals surface area contributed by atoms with Gasteiger partial charge in [0.1, 0.15) is 11.3 Å². The largest absolute Gasteiger partial charge is 0.507 e. The van der Waals surface area contributed by atoms with E-state index < -0.39 is 11.4 Å². The molecular weight excluding hydrogens is 282 g/mol. The second-order valence-corrected chi connectivity index (χ2v) is 5.48. The zero-order valence-electron chi connectivity index (χ0n) is 12.3. The number of phenols is 1. The minimum atomic E-state index is -1.22. The van der Waals surface area contributed by atoms with E-state index in [0.717, 1.165) is 5.56 Å². The van der Waals surface area contributed by atoms with Crippen LogP contribution >= 0.6 is 0 Å². The SMILES string of the molecule is CC(C)(C(=O)Nc1ccc(C(=O)O)c(O)c1)c1ccccc1. The fourth-order valence-corrected chi connectivity index (χ4v) is 2.06. The Bertz CT molecular complexity index is 708. The summed E-state index contributed by atoms with van der Waals surface area (Å²) >= 11 is 0. The lowest BCUT2D eigenvalue weighted by Gasteiger charge is -2.24. The van der Waals surface area contributed by atoms with Crippen LogP contribution in [0.3, 0.4) is 0 Å². The summed E-state index contributed by atoms with van der Waals surface area (Å²) < 4.78 is 0. The molecule has 0 fully saturated rings. The molecule has 0 saturated heterocycles. The average Bonchev–Trinajstić information content (AvgIpc) is 2.47. The Kier molecular flexibility index (Phi) is 4.17. The molecule has 2 rings (SSSR count). The van der Waals surface area contributed by atoms with Crippen LogP contribution in [0.25, 0.3) is 0 Å². The van der Waals surface area contributed by atoms with Gasteiger partial charge in [0.05, 0.1) is 5.41 Å². The van der Waals surface area contributed by atoms with Crippen molar-refractivity contribution in [2.75, 3.05) is 5.32 Å². The summed E-state index contributed by atoms with van der Waals surface area (Å²) in [6, 6.07) is 13.2. The molecule has 0 aliphatic carbocycles. The highest BCUT2D eigenvalue weighted by atomic mass is 16.4. The molecule has 0 aromatic heterocycles. The number of hydrogen-bond donors (Lipinski definition) is 3. The summed E-state index contributed by atoms with van der Waals surface area (Å²) in [7, 11) is 0. The lowest BCUT2D eigenvalue weighted by molar-refractivity contribution is -0.120. The van der Waals surface area contributed by atoms with E-state index in [1.165, 1.54) is 18.2 Å². The third-order valence-electron chi connectivity index (χ3n) is 3.55. The topological polar surface area (TPSA) is 86.6 Å². The molecule has 5 heteroatoms. The monoisotopic (exact) mass is 299 g/mol. The van der Waals surface area contributed by atoms with Gasteiger partial charge in [0.25, 0.3) is 0 Å². The molecule has 0 atom stereocenters. The third-order valence-corrected chi connectivity index (χ3v) is 3.55. The van der Waals surface area contributed by atoms with Crippen molar-refractivity contribution in [1.82, 2.24) is 0 Å². The first-order valence-corrected chi connectivity index (χ1v) is 6.75. The molecule has 0 aliphatic rings. The van der Waals surface area contributed by atoms with Crippen LogP contribution in [-0.2, 0) is 10.2 Å². The molecule has 0 aliphatic heterocycles. The fourth-order valence-electron chi connectivity index (χ4n) is 2.06. The van der Waals surface area contributed by atoms with Gasteiger partial charge in [0.15, 0.2) is 0 Å². The molecule has 0 unspecified atom stereocenters. The lowest BCUT2D eigenvalue weighted by atomic mass is 9.83. The second kappa shape index (κ2) is 5.89. The maximum absolute atomic E-state index is 12.5. The summed E-state index contributed by atoms with van der Waals surface area (Å²) in [6.07, 6.45) is 0. The Hall–Kier alpha value is -2.82. The molecule has 114 valence electrons. The molecular formula is C17H17NO4. The van der Waals surface area contributed by atoms with Gasteiger partial charge in [0, 0.05) is 11.8 Å². The third kappa shape index (κ3) is 3.09. The number of aromatic hydroxyl groups is 1. The molecule has 3 N–H and O–H groups in total. The van der Waals surface area contributed by atoms with E-state index in [9.17, 15) is 14.7 Å². The highest BCUT2D eigenvalue weighted by Crippen LogP contribution is 2.27. The van der Waals surface area contributed by atoms with Gasteiger partial charge in [-0.05, 0) is 31.5 Å². The Labute approximate surface area is 128 Å². The van der Waals surface area contributed by atoms with Crippen molar-refractivity contribution in [3.8, 4) is 5.75 Å². The van der Waals surface area contributed by atoms with Crippen molar-refractivity contribution in [3.05, 3.63) is 59.7 Å². The van der Waals surface area contributed by atoms with Crippen LogP contribution in [-0.4, -0.2) is 22.1 Å². The number of benzene rings is 2. The van der Waals surface area contributed by atoms with Gasteiger partial charge in [-0.3, -0.25) is 4.79 Å². The van der Waals surface area contributed by atoms with Gasteiger partial charge in [-0.15, -0.1) is 0 Å². The van der Waals surface area contributed by atoms with Crippen molar-refractivity contribution in [1.29, 1.82) is 0 Å². The molecule has 0 spiro atoms. The highest BCUT2D eigenvalue weighted by molar-refractivity contribution is 5.99. The number of aromatic carboxylic acids is 1. The van der Waals surface area contributed by atoms with Crippen LogP contribution in [0, 0.1) is 0 Å². The quantitative estimate of drug-likeness (QED) is 0.810. The van der Waals surface area contributed by atoms with E-state index in [2.05, 4.69) is 5.32 Å². The Balaban J connectivity index is 2.22. The van der Waals surface area contributed by atoms with E-state index in [0.29, 0.717) is 5.69 Å². The number of nitrogens with one attached hydrogen (secondary N) is 1. The van der Waals surface area contributed by atoms with Gasteiger partial charge in [-0.25, -0.2) is 4.79 Å². The van der Waals surface area contributed by atoms with Gasteiger partial charge >= 0.3 is 5.97 Å². The summed E-state index contributed by atoms with van der Waals surface area (Å²) in [5.41, 5.74) is 0.234. The molecule has 2 aromatic rings. The number of carbonyl (C=O) groups is 2. The fraction of sp³-hybridized carbons (Fsp3) is 0.176. The maximum atomic E-state index is 12.5. The number of hydrogen-bond acceptors (Lipinski definition) is 3. The van der Waals surface area contributed by atoms with E-state index in [1.54, 1.807) is 13.8 Å². The Morgan fingerprint density at radius 3 is 2.23 bits per heavy atom. The predicted molar refractivity (Wildman–Crippen MR) is 83.2 cm³/mol. The van der Waals surface area contributed by atoms with E-state index in [1.807, 2.05) is 30.3 Å². The number of carboxylic acid groups (broad SMARTS) is 1. The average molecular weight is 299 g/mol. The number of carbonyl (C=O) groups excluding carboxylic acids is 1. The first kappa shape index (κ1) is 15.6. The lowest BCUT2D eigenvalue weighted by Crippen LogP contribution is -2.34. The van der Waals surface area contributed by atoms with Gasteiger partial charge in [-0.2, -0.15) is 0 Å². The van der Waals surface area contributed by atoms with Gasteiger partial charge in [0.2, 0.25) is 5.91 Å². The summed E-state index contributed by atoms with van der Waals surface area (Å²) in [4.78, 5) is 23.3. The predicted octanol–water partition coefficient (Wildman–Crippen LogP) is 3.01. The first-order chi connectivity index (χ1) is 10.3. The summed E-state index contributed by atoms with van der Waals surface area (Å²) in [5.74, 6) is -1.86. The van der Waals surface area contributed by atoms with Crippen LogP contribution in [0.15, 0.2) is 48.5 Å². The minimum Gasteiger partial charge on any atom is -0.507 e. The first-order valence-electron chi connectivity index (χ1n) is 6.75. The standard InChI is InChI=1S/C17H17NO4/c1-17(2,11-6-4-3-5-7-11)16(22)18-12-8-9-13(15(20)21)14(19)10-12/h3-10,19H,1-2H3,(H,18,22)(H,20,21). The van der Waals surface area contributed by atoms with Crippen LogP contribution in [0.1, 0.15) is 29.8 Å². The molecule has 0 bridgehead atoms. The van der Waals surface area contributed by atoms with Crippen molar-refractivity contribution in [3.63, 3.8) is 0 Å². The zero-order chi connectivity index (χ0) is 16.3. The van der Waals surface area contributed by atoms with Crippen LogP contribution < -0.4 is 5.32 Å². The minimum absolute atomic E-state index is 0.208. The highest BCUT2D eigenvalue weighted by Gasteiger charge is 2.29. The van der Waals surface area contributed by atoms with Crippen LogP contribution in [0.2, 0.25) is 0 Å². The maximum Gasteiger partial charge on any atom is 0.339 e. The van der Waals surface area contributed by atoms with E-state index >= 15 is 0 Å². The normalized spacial score (nSPS) is 11.0. The zero-order valence-corrected chi connectivity index (χ0v) is 12.3. The van der Waals surface area contributed by atoms with Crippen molar-refractivity contribution >= 4 is 17.6 Å². The Morgan fingerprint density at radius 1 is 1.05 bits per heavy atom. The number of carboxylic acids is 1. The number of anilines is 1. The second-order valence-electron chi connectivity index (χ2n) is 5.48. The number of rotatable bonds is 4. The van der Waals surface area contributed by atoms with Crippen molar-refractivity contribution < 1.29 is 19.8 Å². The van der Waals surface area contributed by atoms with Crippen LogP contribution in [0.5, 0.6) is 5.75 Å². The molecule has 22 heavy (non-hydrogen) atoms. The molecule has 0 radical (unpaired) electrons. The number of amides is 1. The van der Waals surface area contributed by atoms with E-state index in [4.69, 9.17) is 5.11 Å². The van der Waals surface area contributed by atoms with Crippen LogP contribution in [0.4, 0.5) is 5.69 Å². The van der Waals surface area contributed by atoms with Crippen molar-refractivity contribution in [2.24, 2.45) is 0 Å². The van der Waals surface area contributed by atoms with E-state index in [-0.39, 0.29) is 17.2 Å². The molecule has 5 nitrogen and oxygen atoms in total. The molecule has 2 aromatic carbocycles. The molecule has 1 amide bonds.